The van der Waals surface area contributed by atoms with Crippen molar-refractivity contribution in [3.63, 3.8) is 0 Å². The lowest BCUT2D eigenvalue weighted by Gasteiger charge is -2.16. The Morgan fingerprint density at radius 3 is 2.35 bits per heavy atom. The fourth-order valence-electron chi connectivity index (χ4n) is 1.53. The molecule has 0 bridgehead atoms. The molecule has 0 aliphatic heterocycles. The Morgan fingerprint density at radius 2 is 1.94 bits per heavy atom. The monoisotopic (exact) mass is 258 g/mol. The van der Waals surface area contributed by atoms with Crippen molar-refractivity contribution in [1.29, 1.82) is 0 Å². The number of rotatable bonds is 4. The SMILES string of the molecule is COC(CN)C(=O)Nc1c(C)cccc1C.Cl. The van der Waals surface area contributed by atoms with Crippen molar-refractivity contribution in [2.75, 3.05) is 19.0 Å². The molecule has 0 heterocycles. The summed E-state index contributed by atoms with van der Waals surface area (Å²) in [6, 6.07) is 5.86. The Balaban J connectivity index is 0.00000256. The molecule has 1 unspecified atom stereocenters. The van der Waals surface area contributed by atoms with Gasteiger partial charge in [-0.3, -0.25) is 4.79 Å². The molecule has 0 fully saturated rings. The first kappa shape index (κ1) is 15.9. The van der Waals surface area contributed by atoms with E-state index in [1.807, 2.05) is 32.0 Å². The van der Waals surface area contributed by atoms with Crippen molar-refractivity contribution in [3.8, 4) is 0 Å². The van der Waals surface area contributed by atoms with E-state index in [-0.39, 0.29) is 24.9 Å². The van der Waals surface area contributed by atoms with E-state index in [2.05, 4.69) is 5.32 Å². The number of nitrogens with one attached hydrogen (secondary N) is 1. The largest absolute Gasteiger partial charge is 0.370 e. The normalized spacial score (nSPS) is 11.5. The van der Waals surface area contributed by atoms with Crippen LogP contribution in [0.25, 0.3) is 0 Å². The van der Waals surface area contributed by atoms with Crippen LogP contribution >= 0.6 is 12.4 Å². The lowest BCUT2D eigenvalue weighted by atomic mass is 10.1. The summed E-state index contributed by atoms with van der Waals surface area (Å²) < 4.78 is 4.98. The number of aryl methyl sites for hydroxylation is 2. The molecular formula is C12H19ClN2O2. The molecule has 1 aromatic rings. The molecule has 1 amide bonds. The second-order valence-electron chi connectivity index (χ2n) is 3.72. The summed E-state index contributed by atoms with van der Waals surface area (Å²) in [6.07, 6.45) is -0.598. The summed E-state index contributed by atoms with van der Waals surface area (Å²) in [4.78, 5) is 11.8. The van der Waals surface area contributed by atoms with E-state index in [1.54, 1.807) is 0 Å². The third-order valence-electron chi connectivity index (χ3n) is 2.52. The van der Waals surface area contributed by atoms with Crippen molar-refractivity contribution in [2.24, 2.45) is 5.73 Å². The van der Waals surface area contributed by atoms with E-state index in [9.17, 15) is 4.79 Å². The number of nitrogens with two attached hydrogens (primary N) is 1. The number of hydrogen-bond donors (Lipinski definition) is 2. The first-order chi connectivity index (χ1) is 7.60. The van der Waals surface area contributed by atoms with Gasteiger partial charge in [0, 0.05) is 19.3 Å². The van der Waals surface area contributed by atoms with Crippen LogP contribution in [-0.2, 0) is 9.53 Å². The molecule has 0 radical (unpaired) electrons. The predicted octanol–water partition coefficient (Wildman–Crippen LogP) is 1.64. The number of hydrogen-bond acceptors (Lipinski definition) is 3. The minimum absolute atomic E-state index is 0. The number of para-hydroxylation sites is 1. The highest BCUT2D eigenvalue weighted by molar-refractivity contribution is 5.95. The zero-order valence-corrected chi connectivity index (χ0v) is 11.1. The first-order valence-corrected chi connectivity index (χ1v) is 5.20. The van der Waals surface area contributed by atoms with Crippen LogP contribution in [0.5, 0.6) is 0 Å². The Hall–Kier alpha value is -1.10. The van der Waals surface area contributed by atoms with Gasteiger partial charge in [0.05, 0.1) is 0 Å². The van der Waals surface area contributed by atoms with Gasteiger partial charge in [-0.1, -0.05) is 18.2 Å². The highest BCUT2D eigenvalue weighted by Gasteiger charge is 2.17. The smallest absolute Gasteiger partial charge is 0.254 e. The maximum atomic E-state index is 11.8. The van der Waals surface area contributed by atoms with Crippen LogP contribution in [0.2, 0.25) is 0 Å². The number of carbonyl (C=O) groups excluding carboxylic acids is 1. The van der Waals surface area contributed by atoms with Crippen molar-refractivity contribution in [1.82, 2.24) is 0 Å². The summed E-state index contributed by atoms with van der Waals surface area (Å²) in [7, 11) is 1.47. The average molecular weight is 259 g/mol. The van der Waals surface area contributed by atoms with Crippen molar-refractivity contribution in [3.05, 3.63) is 29.3 Å². The lowest BCUT2D eigenvalue weighted by Crippen LogP contribution is -2.36. The number of methoxy groups -OCH3 is 1. The molecule has 5 heteroatoms. The fourth-order valence-corrected chi connectivity index (χ4v) is 1.53. The van der Waals surface area contributed by atoms with E-state index in [0.29, 0.717) is 0 Å². The highest BCUT2D eigenvalue weighted by Crippen LogP contribution is 2.19. The minimum atomic E-state index is -0.598. The fraction of sp³-hybridized carbons (Fsp3) is 0.417. The van der Waals surface area contributed by atoms with Gasteiger partial charge in [-0.05, 0) is 25.0 Å². The number of benzene rings is 1. The van der Waals surface area contributed by atoms with Crippen molar-refractivity contribution >= 4 is 24.0 Å². The summed E-state index contributed by atoms with van der Waals surface area (Å²) in [6.45, 7) is 4.08. The number of halogens is 1. The number of carbonyl (C=O) groups is 1. The molecule has 1 rings (SSSR count). The first-order valence-electron chi connectivity index (χ1n) is 5.20. The van der Waals surface area contributed by atoms with Crippen LogP contribution in [0.15, 0.2) is 18.2 Å². The molecule has 0 spiro atoms. The molecule has 1 atom stereocenters. The Bertz CT molecular complexity index is 359. The van der Waals surface area contributed by atoms with Gasteiger partial charge < -0.3 is 15.8 Å². The van der Waals surface area contributed by atoms with Crippen molar-refractivity contribution in [2.45, 2.75) is 20.0 Å². The van der Waals surface area contributed by atoms with E-state index in [1.165, 1.54) is 7.11 Å². The van der Waals surface area contributed by atoms with Crippen LogP contribution in [-0.4, -0.2) is 25.7 Å². The van der Waals surface area contributed by atoms with Crippen LogP contribution in [0.1, 0.15) is 11.1 Å². The van der Waals surface area contributed by atoms with Crippen LogP contribution in [0, 0.1) is 13.8 Å². The van der Waals surface area contributed by atoms with Crippen LogP contribution < -0.4 is 11.1 Å². The van der Waals surface area contributed by atoms with Crippen LogP contribution in [0.3, 0.4) is 0 Å². The lowest BCUT2D eigenvalue weighted by molar-refractivity contribution is -0.125. The molecule has 4 nitrogen and oxygen atoms in total. The Labute approximate surface area is 108 Å². The third kappa shape index (κ3) is 4.00. The second-order valence-corrected chi connectivity index (χ2v) is 3.72. The van der Waals surface area contributed by atoms with Gasteiger partial charge >= 0.3 is 0 Å². The van der Waals surface area contributed by atoms with E-state index < -0.39 is 6.10 Å². The third-order valence-corrected chi connectivity index (χ3v) is 2.52. The molecule has 0 saturated heterocycles. The zero-order chi connectivity index (χ0) is 12.1. The maximum absolute atomic E-state index is 11.8. The summed E-state index contributed by atoms with van der Waals surface area (Å²) in [5.41, 5.74) is 8.32. The Morgan fingerprint density at radius 1 is 1.41 bits per heavy atom. The zero-order valence-electron chi connectivity index (χ0n) is 10.3. The van der Waals surface area contributed by atoms with E-state index in [0.717, 1.165) is 16.8 Å². The maximum Gasteiger partial charge on any atom is 0.254 e. The summed E-state index contributed by atoms with van der Waals surface area (Å²) in [5.74, 6) is -0.206. The Kier molecular flexibility index (Phi) is 6.80. The molecule has 0 aliphatic rings. The minimum Gasteiger partial charge on any atom is -0.370 e. The highest BCUT2D eigenvalue weighted by atomic mass is 35.5. The number of anilines is 1. The number of amides is 1. The molecule has 0 aromatic heterocycles. The quantitative estimate of drug-likeness (QED) is 0.863. The van der Waals surface area contributed by atoms with Gasteiger partial charge in [-0.2, -0.15) is 0 Å². The summed E-state index contributed by atoms with van der Waals surface area (Å²) >= 11 is 0. The molecule has 96 valence electrons. The van der Waals surface area contributed by atoms with Gasteiger partial charge in [-0.15, -0.1) is 12.4 Å². The molecule has 0 aliphatic carbocycles. The van der Waals surface area contributed by atoms with Gasteiger partial charge in [0.25, 0.3) is 5.91 Å². The van der Waals surface area contributed by atoms with Crippen LogP contribution in [0.4, 0.5) is 5.69 Å². The van der Waals surface area contributed by atoms with E-state index in [4.69, 9.17) is 10.5 Å². The van der Waals surface area contributed by atoms with E-state index >= 15 is 0 Å². The second kappa shape index (κ2) is 7.27. The average Bonchev–Trinajstić information content (AvgIpc) is 2.25. The van der Waals surface area contributed by atoms with Gasteiger partial charge in [0.15, 0.2) is 0 Å². The topological polar surface area (TPSA) is 64.3 Å². The molecule has 3 N–H and O–H groups in total. The molecule has 17 heavy (non-hydrogen) atoms. The predicted molar refractivity (Wildman–Crippen MR) is 71.6 cm³/mol. The standard InChI is InChI=1S/C12H18N2O2.ClH/c1-8-5-4-6-9(2)11(8)14-12(15)10(7-13)16-3;/h4-6,10H,7,13H2,1-3H3,(H,14,15);1H. The van der Waals surface area contributed by atoms with Gasteiger partial charge in [0.1, 0.15) is 6.10 Å². The van der Waals surface area contributed by atoms with Gasteiger partial charge in [-0.25, -0.2) is 0 Å². The molecule has 1 aromatic carbocycles. The van der Waals surface area contributed by atoms with Gasteiger partial charge in [0.2, 0.25) is 0 Å². The van der Waals surface area contributed by atoms with Crippen molar-refractivity contribution < 1.29 is 9.53 Å². The molecular weight excluding hydrogens is 240 g/mol. The summed E-state index contributed by atoms with van der Waals surface area (Å²) in [5, 5.41) is 2.84. The number of ether oxygens (including phenoxy) is 1. The molecule has 0 saturated carbocycles.